The Morgan fingerprint density at radius 2 is 2.27 bits per heavy atom. The van der Waals surface area contributed by atoms with Crippen LogP contribution in [0.15, 0.2) is 6.20 Å². The van der Waals surface area contributed by atoms with Crippen LogP contribution in [0.4, 0.5) is 0 Å². The van der Waals surface area contributed by atoms with Gasteiger partial charge in [-0.1, -0.05) is 0 Å². The molecule has 2 unspecified atom stereocenters. The quantitative estimate of drug-likeness (QED) is 0.489. The summed E-state index contributed by atoms with van der Waals surface area (Å²) in [6.45, 7) is 1.13. The SMILES string of the molecule is CC(=O)c1nc(C(O)C(O)CCO)c[nH]1. The lowest BCUT2D eigenvalue weighted by atomic mass is 10.1. The van der Waals surface area contributed by atoms with Gasteiger partial charge < -0.3 is 20.3 Å². The number of aromatic nitrogens is 2. The monoisotopic (exact) mass is 214 g/mol. The third kappa shape index (κ3) is 2.85. The van der Waals surface area contributed by atoms with E-state index in [2.05, 4.69) is 9.97 Å². The summed E-state index contributed by atoms with van der Waals surface area (Å²) in [7, 11) is 0. The molecule has 0 saturated heterocycles. The third-order valence-corrected chi connectivity index (χ3v) is 2.02. The number of aliphatic hydroxyl groups is 3. The molecule has 0 aliphatic heterocycles. The molecule has 1 aromatic heterocycles. The number of hydrogen-bond donors (Lipinski definition) is 4. The predicted molar refractivity (Wildman–Crippen MR) is 51.3 cm³/mol. The van der Waals surface area contributed by atoms with E-state index in [1.165, 1.54) is 13.1 Å². The molecule has 0 aliphatic carbocycles. The number of nitrogens with one attached hydrogen (secondary N) is 1. The van der Waals surface area contributed by atoms with Crippen LogP contribution in [0.5, 0.6) is 0 Å². The largest absolute Gasteiger partial charge is 0.396 e. The topological polar surface area (TPSA) is 106 Å². The van der Waals surface area contributed by atoms with E-state index in [1.807, 2.05) is 0 Å². The Morgan fingerprint density at radius 1 is 1.60 bits per heavy atom. The van der Waals surface area contributed by atoms with Crippen LogP contribution >= 0.6 is 0 Å². The smallest absolute Gasteiger partial charge is 0.194 e. The Morgan fingerprint density at radius 3 is 2.73 bits per heavy atom. The number of Topliss-reactive ketones (excluding diaryl/α,β-unsaturated/α-hetero) is 1. The minimum atomic E-state index is -1.19. The maximum absolute atomic E-state index is 10.9. The van der Waals surface area contributed by atoms with Gasteiger partial charge in [0.2, 0.25) is 0 Å². The number of nitrogens with zero attached hydrogens (tertiary/aromatic N) is 1. The molecule has 0 radical (unpaired) electrons. The fourth-order valence-corrected chi connectivity index (χ4v) is 1.16. The highest BCUT2D eigenvalue weighted by Crippen LogP contribution is 2.16. The number of carbonyl (C=O) groups is 1. The summed E-state index contributed by atoms with van der Waals surface area (Å²) < 4.78 is 0. The zero-order valence-corrected chi connectivity index (χ0v) is 8.34. The molecule has 6 heteroatoms. The maximum Gasteiger partial charge on any atom is 0.194 e. The normalized spacial score (nSPS) is 14.9. The van der Waals surface area contributed by atoms with Crippen molar-refractivity contribution in [2.45, 2.75) is 25.6 Å². The van der Waals surface area contributed by atoms with E-state index < -0.39 is 12.2 Å². The maximum atomic E-state index is 10.9. The molecule has 0 aliphatic rings. The Bertz CT molecular complexity index is 337. The number of aromatic amines is 1. The Kier molecular flexibility index (Phi) is 3.96. The van der Waals surface area contributed by atoms with Crippen molar-refractivity contribution in [1.29, 1.82) is 0 Å². The molecule has 0 saturated carbocycles. The molecule has 15 heavy (non-hydrogen) atoms. The Balaban J connectivity index is 2.73. The summed E-state index contributed by atoms with van der Waals surface area (Å²) in [5.74, 6) is -0.106. The van der Waals surface area contributed by atoms with Crippen molar-refractivity contribution in [2.75, 3.05) is 6.61 Å². The van der Waals surface area contributed by atoms with E-state index in [0.29, 0.717) is 0 Å². The standard InChI is InChI=1S/C9H14N2O4/c1-5(13)9-10-4-6(11-9)8(15)7(14)2-3-12/h4,7-8,12,14-15H,2-3H2,1H3,(H,10,11). The molecule has 1 aromatic rings. The molecular weight excluding hydrogens is 200 g/mol. The van der Waals surface area contributed by atoms with E-state index >= 15 is 0 Å². The molecule has 2 atom stereocenters. The first kappa shape index (κ1) is 11.8. The van der Waals surface area contributed by atoms with Crippen LogP contribution in [0.2, 0.25) is 0 Å². The predicted octanol–water partition coefficient (Wildman–Crippen LogP) is -0.611. The molecule has 0 spiro atoms. The minimum Gasteiger partial charge on any atom is -0.396 e. The zero-order chi connectivity index (χ0) is 11.4. The molecule has 0 aromatic carbocycles. The van der Waals surface area contributed by atoms with Gasteiger partial charge in [-0.3, -0.25) is 4.79 Å². The molecule has 4 N–H and O–H groups in total. The lowest BCUT2D eigenvalue weighted by Crippen LogP contribution is -2.19. The van der Waals surface area contributed by atoms with E-state index in [1.54, 1.807) is 0 Å². The molecular formula is C9H14N2O4. The molecule has 0 bridgehead atoms. The zero-order valence-electron chi connectivity index (χ0n) is 8.34. The first-order valence-electron chi connectivity index (χ1n) is 4.59. The van der Waals surface area contributed by atoms with Gasteiger partial charge in [0.15, 0.2) is 11.6 Å². The minimum absolute atomic E-state index is 0.0590. The van der Waals surface area contributed by atoms with Crippen LogP contribution < -0.4 is 0 Å². The van der Waals surface area contributed by atoms with E-state index in [-0.39, 0.29) is 30.3 Å². The van der Waals surface area contributed by atoms with Gasteiger partial charge in [-0.2, -0.15) is 0 Å². The van der Waals surface area contributed by atoms with E-state index in [0.717, 1.165) is 0 Å². The van der Waals surface area contributed by atoms with Crippen molar-refractivity contribution in [3.63, 3.8) is 0 Å². The number of ketones is 1. The Hall–Kier alpha value is -1.24. The van der Waals surface area contributed by atoms with Crippen LogP contribution in [0.3, 0.4) is 0 Å². The second-order valence-corrected chi connectivity index (χ2v) is 3.25. The number of aliphatic hydroxyl groups excluding tert-OH is 3. The van der Waals surface area contributed by atoms with Gasteiger partial charge in [0.25, 0.3) is 0 Å². The fourth-order valence-electron chi connectivity index (χ4n) is 1.16. The van der Waals surface area contributed by atoms with Crippen LogP contribution in [-0.2, 0) is 0 Å². The van der Waals surface area contributed by atoms with Gasteiger partial charge in [-0.05, 0) is 6.42 Å². The average molecular weight is 214 g/mol. The summed E-state index contributed by atoms with van der Waals surface area (Å²) in [6.07, 6.45) is -0.856. The molecule has 0 fully saturated rings. The van der Waals surface area contributed by atoms with Crippen LogP contribution in [0, 0.1) is 0 Å². The van der Waals surface area contributed by atoms with Crippen LogP contribution in [-0.4, -0.2) is 43.8 Å². The summed E-state index contributed by atoms with van der Waals surface area (Å²) in [4.78, 5) is 17.3. The third-order valence-electron chi connectivity index (χ3n) is 2.02. The fraction of sp³-hybridized carbons (Fsp3) is 0.556. The molecule has 1 heterocycles. The lowest BCUT2D eigenvalue weighted by Gasteiger charge is -2.14. The highest BCUT2D eigenvalue weighted by Gasteiger charge is 2.21. The lowest BCUT2D eigenvalue weighted by molar-refractivity contribution is 0.00208. The number of rotatable bonds is 5. The van der Waals surface area contributed by atoms with Crippen molar-refractivity contribution < 1.29 is 20.1 Å². The van der Waals surface area contributed by atoms with Crippen molar-refractivity contribution in [1.82, 2.24) is 9.97 Å². The molecule has 1 rings (SSSR count). The molecule has 6 nitrogen and oxygen atoms in total. The summed E-state index contributed by atoms with van der Waals surface area (Å²) >= 11 is 0. The Labute approximate surface area is 86.6 Å². The number of carbonyl (C=O) groups excluding carboxylic acids is 1. The van der Waals surface area contributed by atoms with Crippen LogP contribution in [0.25, 0.3) is 0 Å². The van der Waals surface area contributed by atoms with Gasteiger partial charge in [0.1, 0.15) is 6.10 Å². The first-order chi connectivity index (χ1) is 7.06. The summed E-state index contributed by atoms with van der Waals surface area (Å²) in [6, 6.07) is 0. The van der Waals surface area contributed by atoms with Gasteiger partial charge in [-0.15, -0.1) is 0 Å². The first-order valence-corrected chi connectivity index (χ1v) is 4.59. The van der Waals surface area contributed by atoms with Crippen molar-refractivity contribution >= 4 is 5.78 Å². The van der Waals surface area contributed by atoms with Crippen molar-refractivity contribution in [2.24, 2.45) is 0 Å². The van der Waals surface area contributed by atoms with Gasteiger partial charge >= 0.3 is 0 Å². The summed E-state index contributed by atoms with van der Waals surface area (Å²) in [5, 5.41) is 27.5. The molecule has 0 amide bonds. The van der Waals surface area contributed by atoms with Gasteiger partial charge in [0.05, 0.1) is 11.8 Å². The van der Waals surface area contributed by atoms with Crippen molar-refractivity contribution in [3.05, 3.63) is 17.7 Å². The number of imidazole rings is 1. The van der Waals surface area contributed by atoms with Gasteiger partial charge in [-0.25, -0.2) is 4.98 Å². The summed E-state index contributed by atoms with van der Waals surface area (Å²) in [5.41, 5.74) is 0.196. The second-order valence-electron chi connectivity index (χ2n) is 3.25. The average Bonchev–Trinajstić information content (AvgIpc) is 2.65. The number of H-pyrrole nitrogens is 1. The van der Waals surface area contributed by atoms with E-state index in [9.17, 15) is 15.0 Å². The number of hydrogen-bond acceptors (Lipinski definition) is 5. The van der Waals surface area contributed by atoms with E-state index in [4.69, 9.17) is 5.11 Å². The highest BCUT2D eigenvalue weighted by molar-refractivity contribution is 5.90. The van der Waals surface area contributed by atoms with Crippen LogP contribution in [0.1, 0.15) is 35.8 Å². The van der Waals surface area contributed by atoms with Crippen molar-refractivity contribution in [3.8, 4) is 0 Å². The second kappa shape index (κ2) is 5.01. The molecule has 84 valence electrons. The van der Waals surface area contributed by atoms with Gasteiger partial charge in [0, 0.05) is 19.7 Å². The highest BCUT2D eigenvalue weighted by atomic mass is 16.3.